The molecule has 0 saturated carbocycles. The number of hydrogen-bond donors (Lipinski definition) is 3. The van der Waals surface area contributed by atoms with E-state index in [4.69, 9.17) is 9.90 Å². The van der Waals surface area contributed by atoms with E-state index in [0.29, 0.717) is 11.3 Å². The molecule has 9 nitrogen and oxygen atoms in total. The first-order valence-corrected chi connectivity index (χ1v) is 12.8. The van der Waals surface area contributed by atoms with Crippen LogP contribution < -0.4 is 9.62 Å². The van der Waals surface area contributed by atoms with Gasteiger partial charge in [0.25, 0.3) is 10.0 Å². The number of alkyl halides is 3. The van der Waals surface area contributed by atoms with Gasteiger partial charge in [-0.25, -0.2) is 18.0 Å². The van der Waals surface area contributed by atoms with Crippen LogP contribution in [0.15, 0.2) is 47.4 Å². The van der Waals surface area contributed by atoms with E-state index >= 15 is 0 Å². The first-order chi connectivity index (χ1) is 17.2. The number of carboxylic acids is 2. The van der Waals surface area contributed by atoms with Gasteiger partial charge in [0.05, 0.1) is 16.1 Å². The van der Waals surface area contributed by atoms with Crippen LogP contribution in [0.3, 0.4) is 0 Å². The fourth-order valence-electron chi connectivity index (χ4n) is 3.62. The molecule has 0 amide bonds. The number of nitrogens with zero attached hydrogens (tertiary/aromatic N) is 1. The van der Waals surface area contributed by atoms with E-state index in [2.05, 4.69) is 9.62 Å². The van der Waals surface area contributed by atoms with Crippen LogP contribution in [-0.4, -0.2) is 55.6 Å². The molecule has 0 radical (unpaired) electrons. The van der Waals surface area contributed by atoms with Gasteiger partial charge in [-0.3, -0.25) is 9.52 Å². The molecule has 1 saturated heterocycles. The molecule has 0 atom stereocenters. The summed E-state index contributed by atoms with van der Waals surface area (Å²) in [7, 11) is -3.91. The predicted molar refractivity (Wildman–Crippen MR) is 130 cm³/mol. The molecule has 0 unspecified atom stereocenters. The Morgan fingerprint density at radius 3 is 1.86 bits per heavy atom. The van der Waals surface area contributed by atoms with Gasteiger partial charge in [0.15, 0.2) is 5.78 Å². The van der Waals surface area contributed by atoms with E-state index in [0.717, 1.165) is 38.8 Å². The van der Waals surface area contributed by atoms with Crippen LogP contribution in [-0.2, 0) is 14.8 Å². The average Bonchev–Trinajstić information content (AvgIpc) is 2.79. The molecule has 3 rings (SSSR count). The van der Waals surface area contributed by atoms with Crippen molar-refractivity contribution in [2.75, 3.05) is 22.7 Å². The zero-order chi connectivity index (χ0) is 27.8. The van der Waals surface area contributed by atoms with Crippen molar-refractivity contribution in [1.29, 1.82) is 0 Å². The van der Waals surface area contributed by atoms with Crippen molar-refractivity contribution in [1.82, 2.24) is 0 Å². The van der Waals surface area contributed by atoms with Gasteiger partial charge < -0.3 is 15.1 Å². The summed E-state index contributed by atoms with van der Waals surface area (Å²) in [6.45, 7) is 2.98. The number of aromatic carboxylic acids is 1. The number of Topliss-reactive ketones (excluding diaryl/α,β-unsaturated/α-hetero) is 1. The molecule has 13 heteroatoms. The standard InChI is InChI=1S/C22H26N2O5S.C2HF3O2/c1-16(25)17-7-10-19(11-8-17)30(28,29)23-18-9-12-21(20(15-18)22(26)27)24-13-5-3-2-4-6-14-24;3-2(4,5)1(6)7/h7-12,15,23H,2-6,13-14H2,1H3,(H,26,27);(H,6,7). The summed E-state index contributed by atoms with van der Waals surface area (Å²) in [5.74, 6) is -4.01. The van der Waals surface area contributed by atoms with Crippen LogP contribution in [0, 0.1) is 0 Å². The quantitative estimate of drug-likeness (QED) is 0.441. The molecule has 0 spiro atoms. The fourth-order valence-corrected chi connectivity index (χ4v) is 4.67. The van der Waals surface area contributed by atoms with Gasteiger partial charge in [-0.2, -0.15) is 13.2 Å². The highest BCUT2D eigenvalue weighted by molar-refractivity contribution is 7.92. The Morgan fingerprint density at radius 2 is 1.41 bits per heavy atom. The summed E-state index contributed by atoms with van der Waals surface area (Å²) < 4.78 is 59.5. The Balaban J connectivity index is 0.000000604. The summed E-state index contributed by atoms with van der Waals surface area (Å²) in [4.78, 5) is 34.2. The van der Waals surface area contributed by atoms with E-state index in [1.54, 1.807) is 12.1 Å². The number of carbonyl (C=O) groups is 3. The highest BCUT2D eigenvalue weighted by Crippen LogP contribution is 2.28. The molecule has 202 valence electrons. The normalized spacial score (nSPS) is 14.4. The van der Waals surface area contributed by atoms with Crippen molar-refractivity contribution >= 4 is 39.1 Å². The number of aliphatic carboxylic acids is 1. The Hall–Kier alpha value is -3.61. The van der Waals surface area contributed by atoms with E-state index in [-0.39, 0.29) is 21.9 Å². The highest BCUT2D eigenvalue weighted by atomic mass is 32.2. The van der Waals surface area contributed by atoms with E-state index in [1.165, 1.54) is 43.7 Å². The molecular formula is C24H27F3N2O7S. The molecule has 1 fully saturated rings. The van der Waals surface area contributed by atoms with Gasteiger partial charge in [0.1, 0.15) is 0 Å². The minimum absolute atomic E-state index is 0.00257. The number of nitrogens with one attached hydrogen (secondary N) is 1. The lowest BCUT2D eigenvalue weighted by molar-refractivity contribution is -0.192. The molecule has 3 N–H and O–H groups in total. The maximum absolute atomic E-state index is 12.7. The molecule has 1 heterocycles. The molecule has 2 aromatic rings. The van der Waals surface area contributed by atoms with Gasteiger partial charge in [0, 0.05) is 24.3 Å². The number of rotatable bonds is 6. The third-order valence-electron chi connectivity index (χ3n) is 5.49. The number of benzene rings is 2. The highest BCUT2D eigenvalue weighted by Gasteiger charge is 2.38. The van der Waals surface area contributed by atoms with E-state index < -0.39 is 28.1 Å². The van der Waals surface area contributed by atoms with Crippen molar-refractivity contribution in [3.8, 4) is 0 Å². The van der Waals surface area contributed by atoms with Crippen molar-refractivity contribution in [3.05, 3.63) is 53.6 Å². The lowest BCUT2D eigenvalue weighted by Crippen LogP contribution is -2.28. The minimum atomic E-state index is -5.08. The molecule has 1 aliphatic rings. The predicted octanol–water partition coefficient (Wildman–Crippen LogP) is 4.79. The number of hydrogen-bond acceptors (Lipinski definition) is 6. The van der Waals surface area contributed by atoms with Crippen LogP contribution in [0.25, 0.3) is 0 Å². The van der Waals surface area contributed by atoms with Crippen LogP contribution >= 0.6 is 0 Å². The van der Waals surface area contributed by atoms with Gasteiger partial charge in [-0.1, -0.05) is 31.4 Å². The molecule has 0 aromatic heterocycles. The zero-order valence-electron chi connectivity index (χ0n) is 19.9. The maximum Gasteiger partial charge on any atom is 0.490 e. The second kappa shape index (κ2) is 12.6. The van der Waals surface area contributed by atoms with Crippen molar-refractivity contribution < 1.29 is 46.2 Å². The first kappa shape index (κ1) is 29.6. The number of ketones is 1. The minimum Gasteiger partial charge on any atom is -0.478 e. The molecule has 37 heavy (non-hydrogen) atoms. The number of sulfonamides is 1. The van der Waals surface area contributed by atoms with E-state index in [1.807, 2.05) is 0 Å². The molecule has 0 bridgehead atoms. The second-order valence-electron chi connectivity index (χ2n) is 8.28. The Kier molecular flexibility index (Phi) is 10.1. The Bertz CT molecular complexity index is 1220. The van der Waals surface area contributed by atoms with Gasteiger partial charge in [0.2, 0.25) is 0 Å². The number of anilines is 2. The lowest BCUT2D eigenvalue weighted by atomic mass is 10.1. The number of carboxylic acid groups (broad SMARTS) is 2. The Labute approximate surface area is 212 Å². The van der Waals surface area contributed by atoms with Crippen molar-refractivity contribution in [3.63, 3.8) is 0 Å². The lowest BCUT2D eigenvalue weighted by Gasteiger charge is -2.28. The van der Waals surface area contributed by atoms with Crippen LogP contribution in [0.1, 0.15) is 59.7 Å². The smallest absolute Gasteiger partial charge is 0.478 e. The van der Waals surface area contributed by atoms with Gasteiger partial charge in [-0.15, -0.1) is 0 Å². The monoisotopic (exact) mass is 544 g/mol. The van der Waals surface area contributed by atoms with Crippen molar-refractivity contribution in [2.45, 2.75) is 50.1 Å². The largest absolute Gasteiger partial charge is 0.490 e. The van der Waals surface area contributed by atoms with Crippen LogP contribution in [0.4, 0.5) is 24.5 Å². The van der Waals surface area contributed by atoms with Crippen LogP contribution in [0.2, 0.25) is 0 Å². The van der Waals surface area contributed by atoms with Crippen molar-refractivity contribution in [2.24, 2.45) is 0 Å². The summed E-state index contributed by atoms with van der Waals surface area (Å²) in [6, 6.07) is 10.2. The maximum atomic E-state index is 12.7. The fraction of sp³-hybridized carbons (Fsp3) is 0.375. The van der Waals surface area contributed by atoms with Gasteiger partial charge >= 0.3 is 18.1 Å². The van der Waals surface area contributed by atoms with Crippen LogP contribution in [0.5, 0.6) is 0 Å². The summed E-state index contributed by atoms with van der Waals surface area (Å²) in [5.41, 5.74) is 1.28. The number of halogens is 3. The van der Waals surface area contributed by atoms with Gasteiger partial charge in [-0.05, 0) is 50.1 Å². The molecule has 0 aliphatic carbocycles. The zero-order valence-corrected chi connectivity index (χ0v) is 20.7. The summed E-state index contributed by atoms with van der Waals surface area (Å²) >= 11 is 0. The summed E-state index contributed by atoms with van der Waals surface area (Å²) in [5, 5.41) is 16.8. The first-order valence-electron chi connectivity index (χ1n) is 11.3. The van der Waals surface area contributed by atoms with E-state index in [9.17, 15) is 36.3 Å². The molecule has 1 aliphatic heterocycles. The third-order valence-corrected chi connectivity index (χ3v) is 6.89. The average molecular weight is 545 g/mol. The summed E-state index contributed by atoms with van der Waals surface area (Å²) in [6.07, 6.45) is 0.375. The SMILES string of the molecule is CC(=O)c1ccc(S(=O)(=O)Nc2ccc(N3CCCCCCC3)c(C(=O)O)c2)cc1.O=C(O)C(F)(F)F. The second-order valence-corrected chi connectivity index (χ2v) is 9.96. The Morgan fingerprint density at radius 1 is 0.892 bits per heavy atom. The third kappa shape index (κ3) is 8.77. The topological polar surface area (TPSA) is 141 Å². The number of carbonyl (C=O) groups excluding carboxylic acids is 1. The molecular weight excluding hydrogens is 517 g/mol. The molecule has 2 aromatic carbocycles.